The van der Waals surface area contributed by atoms with Crippen molar-refractivity contribution in [2.24, 2.45) is 0 Å². The van der Waals surface area contributed by atoms with Gasteiger partial charge in [0.05, 0.1) is 18.9 Å². The molecule has 0 aliphatic rings. The molecule has 3 aromatic rings. The highest BCUT2D eigenvalue weighted by Gasteiger charge is 2.20. The van der Waals surface area contributed by atoms with Gasteiger partial charge in [-0.05, 0) is 17.7 Å². The fourth-order valence-electron chi connectivity index (χ4n) is 2.55. The van der Waals surface area contributed by atoms with Gasteiger partial charge < -0.3 is 10.1 Å². The summed E-state index contributed by atoms with van der Waals surface area (Å²) in [6.07, 6.45) is 1.61. The van der Waals surface area contributed by atoms with Gasteiger partial charge in [0.15, 0.2) is 0 Å². The number of benzene rings is 2. The summed E-state index contributed by atoms with van der Waals surface area (Å²) in [6.45, 7) is 0. The van der Waals surface area contributed by atoms with Gasteiger partial charge in [-0.3, -0.25) is 4.79 Å². The number of rotatable bonds is 4. The van der Waals surface area contributed by atoms with Crippen molar-refractivity contribution in [3.05, 3.63) is 66.4 Å². The van der Waals surface area contributed by atoms with Crippen molar-refractivity contribution in [1.29, 1.82) is 0 Å². The standard InChI is InChI=1S/C19H17N3O2/c1-20-19(23)17-16(13-7-4-3-5-8-13)12-21-22-18(17)14-9-6-10-15(11-14)24-2/h3-12H,1-2H3,(H,20,23). The lowest BCUT2D eigenvalue weighted by Gasteiger charge is -2.13. The Balaban J connectivity index is 2.25. The number of nitrogens with one attached hydrogen (secondary N) is 1. The minimum Gasteiger partial charge on any atom is -0.497 e. The quantitative estimate of drug-likeness (QED) is 0.802. The highest BCUT2D eigenvalue weighted by molar-refractivity contribution is 6.05. The molecule has 0 fully saturated rings. The van der Waals surface area contributed by atoms with E-state index in [2.05, 4.69) is 15.5 Å². The molecule has 1 N–H and O–H groups in total. The number of ether oxygens (including phenoxy) is 1. The van der Waals surface area contributed by atoms with E-state index in [1.165, 1.54) is 0 Å². The van der Waals surface area contributed by atoms with Crippen LogP contribution in [-0.4, -0.2) is 30.3 Å². The Labute approximate surface area is 140 Å². The van der Waals surface area contributed by atoms with Gasteiger partial charge in [0, 0.05) is 18.2 Å². The minimum absolute atomic E-state index is 0.207. The Morgan fingerprint density at radius 3 is 2.50 bits per heavy atom. The number of carbonyl (C=O) groups excluding carboxylic acids is 1. The van der Waals surface area contributed by atoms with Crippen molar-refractivity contribution in [2.75, 3.05) is 14.2 Å². The van der Waals surface area contributed by atoms with Gasteiger partial charge in [-0.1, -0.05) is 42.5 Å². The largest absolute Gasteiger partial charge is 0.497 e. The monoisotopic (exact) mass is 319 g/mol. The summed E-state index contributed by atoms with van der Waals surface area (Å²) < 4.78 is 5.27. The van der Waals surface area contributed by atoms with Gasteiger partial charge in [-0.25, -0.2) is 0 Å². The van der Waals surface area contributed by atoms with Crippen molar-refractivity contribution in [3.63, 3.8) is 0 Å². The average molecular weight is 319 g/mol. The lowest BCUT2D eigenvalue weighted by molar-refractivity contribution is 0.0964. The summed E-state index contributed by atoms with van der Waals surface area (Å²) >= 11 is 0. The summed E-state index contributed by atoms with van der Waals surface area (Å²) in [6, 6.07) is 17.1. The molecule has 1 amide bonds. The number of carbonyl (C=O) groups is 1. The third-order valence-electron chi connectivity index (χ3n) is 3.73. The zero-order valence-electron chi connectivity index (χ0n) is 13.5. The Bertz CT molecular complexity index is 863. The molecule has 0 aliphatic heterocycles. The van der Waals surface area contributed by atoms with E-state index in [0.29, 0.717) is 17.0 Å². The van der Waals surface area contributed by atoms with Gasteiger partial charge in [-0.15, -0.1) is 5.10 Å². The van der Waals surface area contributed by atoms with Gasteiger partial charge in [-0.2, -0.15) is 5.10 Å². The number of amides is 1. The van der Waals surface area contributed by atoms with E-state index < -0.39 is 0 Å². The Hall–Kier alpha value is -3.21. The second-order valence-electron chi connectivity index (χ2n) is 5.16. The molecule has 1 heterocycles. The predicted octanol–water partition coefficient (Wildman–Crippen LogP) is 3.18. The highest BCUT2D eigenvalue weighted by atomic mass is 16.5. The van der Waals surface area contributed by atoms with Crippen LogP contribution in [-0.2, 0) is 0 Å². The molecule has 1 aromatic heterocycles. The molecule has 0 radical (unpaired) electrons. The molecule has 24 heavy (non-hydrogen) atoms. The van der Waals surface area contributed by atoms with E-state index in [4.69, 9.17) is 4.74 Å². The van der Waals surface area contributed by atoms with E-state index in [1.54, 1.807) is 20.4 Å². The summed E-state index contributed by atoms with van der Waals surface area (Å²) in [7, 11) is 3.21. The van der Waals surface area contributed by atoms with Crippen LogP contribution in [0.15, 0.2) is 60.8 Å². The van der Waals surface area contributed by atoms with Crippen LogP contribution < -0.4 is 10.1 Å². The maximum absolute atomic E-state index is 12.5. The van der Waals surface area contributed by atoms with Gasteiger partial charge in [0.2, 0.25) is 0 Å². The second-order valence-corrected chi connectivity index (χ2v) is 5.16. The molecule has 0 atom stereocenters. The van der Waals surface area contributed by atoms with Crippen molar-refractivity contribution in [2.45, 2.75) is 0 Å². The maximum atomic E-state index is 12.5. The van der Waals surface area contributed by atoms with Crippen molar-refractivity contribution in [3.8, 4) is 28.1 Å². The molecule has 0 aliphatic carbocycles. The Kier molecular flexibility index (Phi) is 4.52. The van der Waals surface area contributed by atoms with Crippen LogP contribution in [0.5, 0.6) is 5.75 Å². The van der Waals surface area contributed by atoms with Crippen LogP contribution in [0.25, 0.3) is 22.4 Å². The summed E-state index contributed by atoms with van der Waals surface area (Å²) in [5.41, 5.74) is 3.44. The van der Waals surface area contributed by atoms with Crippen LogP contribution >= 0.6 is 0 Å². The summed E-state index contributed by atoms with van der Waals surface area (Å²) in [5, 5.41) is 11.0. The van der Waals surface area contributed by atoms with Gasteiger partial charge in [0.25, 0.3) is 5.91 Å². The first kappa shape index (κ1) is 15.7. The zero-order chi connectivity index (χ0) is 16.9. The molecule has 120 valence electrons. The fourth-order valence-corrected chi connectivity index (χ4v) is 2.55. The van der Waals surface area contributed by atoms with Crippen LogP contribution in [0.3, 0.4) is 0 Å². The molecular formula is C19H17N3O2. The molecular weight excluding hydrogens is 302 g/mol. The SMILES string of the molecule is CNC(=O)c1c(-c2ccccc2)cnnc1-c1cccc(OC)c1. The lowest BCUT2D eigenvalue weighted by atomic mass is 9.97. The molecule has 3 rings (SSSR count). The Morgan fingerprint density at radius 2 is 1.79 bits per heavy atom. The predicted molar refractivity (Wildman–Crippen MR) is 92.8 cm³/mol. The van der Waals surface area contributed by atoms with E-state index in [9.17, 15) is 4.79 Å². The first-order valence-electron chi connectivity index (χ1n) is 7.52. The van der Waals surface area contributed by atoms with Gasteiger partial charge in [0.1, 0.15) is 11.4 Å². The van der Waals surface area contributed by atoms with Crippen molar-refractivity contribution in [1.82, 2.24) is 15.5 Å². The van der Waals surface area contributed by atoms with Crippen LogP contribution in [0.2, 0.25) is 0 Å². The molecule has 0 bridgehead atoms. The molecule has 5 heteroatoms. The maximum Gasteiger partial charge on any atom is 0.254 e. The molecule has 0 unspecified atom stereocenters. The fraction of sp³-hybridized carbons (Fsp3) is 0.105. The van der Waals surface area contributed by atoms with Crippen LogP contribution in [0.4, 0.5) is 0 Å². The van der Waals surface area contributed by atoms with Crippen molar-refractivity contribution < 1.29 is 9.53 Å². The molecule has 0 spiro atoms. The molecule has 2 aromatic carbocycles. The normalized spacial score (nSPS) is 10.2. The molecule has 5 nitrogen and oxygen atoms in total. The van der Waals surface area contributed by atoms with Crippen molar-refractivity contribution >= 4 is 5.91 Å². The number of aromatic nitrogens is 2. The first-order valence-corrected chi connectivity index (χ1v) is 7.52. The topological polar surface area (TPSA) is 64.1 Å². The third-order valence-corrected chi connectivity index (χ3v) is 3.73. The summed E-state index contributed by atoms with van der Waals surface area (Å²) in [4.78, 5) is 12.5. The number of nitrogens with zero attached hydrogens (tertiary/aromatic N) is 2. The Morgan fingerprint density at radius 1 is 1.04 bits per heavy atom. The smallest absolute Gasteiger partial charge is 0.254 e. The first-order chi connectivity index (χ1) is 11.7. The van der Waals surface area contributed by atoms with E-state index in [-0.39, 0.29) is 5.91 Å². The lowest BCUT2D eigenvalue weighted by Crippen LogP contribution is -2.20. The number of hydrogen-bond acceptors (Lipinski definition) is 4. The van der Waals surface area contributed by atoms with Crippen LogP contribution in [0.1, 0.15) is 10.4 Å². The van der Waals surface area contributed by atoms with E-state index >= 15 is 0 Å². The minimum atomic E-state index is -0.207. The highest BCUT2D eigenvalue weighted by Crippen LogP contribution is 2.31. The zero-order valence-corrected chi connectivity index (χ0v) is 13.5. The second kappa shape index (κ2) is 6.91. The number of hydrogen-bond donors (Lipinski definition) is 1. The number of methoxy groups -OCH3 is 1. The van der Waals surface area contributed by atoms with Crippen LogP contribution in [0, 0.1) is 0 Å². The molecule has 0 saturated heterocycles. The van der Waals surface area contributed by atoms with E-state index in [1.807, 2.05) is 54.6 Å². The van der Waals surface area contributed by atoms with E-state index in [0.717, 1.165) is 16.7 Å². The summed E-state index contributed by atoms with van der Waals surface area (Å²) in [5.74, 6) is 0.490. The average Bonchev–Trinajstić information content (AvgIpc) is 2.67. The third kappa shape index (κ3) is 2.96. The van der Waals surface area contributed by atoms with Gasteiger partial charge >= 0.3 is 0 Å². The molecule has 0 saturated carbocycles.